The van der Waals surface area contributed by atoms with Crippen LogP contribution in [0.5, 0.6) is 0 Å². The number of carbonyl (C=O) groups is 2. The number of esters is 1. The molecule has 2 aromatic carbocycles. The summed E-state index contributed by atoms with van der Waals surface area (Å²) in [6.07, 6.45) is -1.01. The molecule has 1 fully saturated rings. The van der Waals surface area contributed by atoms with Crippen LogP contribution in [0.3, 0.4) is 0 Å². The molecule has 0 radical (unpaired) electrons. The Balaban J connectivity index is 2.20. The van der Waals surface area contributed by atoms with Gasteiger partial charge in [-0.05, 0) is 27.5 Å². The lowest BCUT2D eigenvalue weighted by Crippen LogP contribution is -2.68. The number of aliphatic hydroxyl groups is 1. The van der Waals surface area contributed by atoms with Crippen molar-refractivity contribution >= 4 is 30.2 Å². The second-order valence-corrected chi connectivity index (χ2v) is 14.8. The van der Waals surface area contributed by atoms with Gasteiger partial charge in [0.25, 0.3) is 5.97 Å². The maximum atomic E-state index is 14.3. The Bertz CT molecular complexity index is 1020. The number of carbonyl (C=O) groups excluding carboxylic acids is 2. The van der Waals surface area contributed by atoms with Crippen LogP contribution < -0.4 is 10.4 Å². The molecule has 1 heterocycles. The Morgan fingerprint density at radius 2 is 1.50 bits per heavy atom. The Hall–Kier alpha value is -2.58. The van der Waals surface area contributed by atoms with Crippen LogP contribution in [0.4, 0.5) is 0 Å². The van der Waals surface area contributed by atoms with Gasteiger partial charge in [-0.3, -0.25) is 9.59 Å². The average Bonchev–Trinajstić information content (AvgIpc) is 3.01. The van der Waals surface area contributed by atoms with Gasteiger partial charge in [-0.15, -0.1) is 0 Å². The highest BCUT2D eigenvalue weighted by atomic mass is 28.3. The van der Waals surface area contributed by atoms with E-state index < -0.39 is 31.7 Å². The SMILES string of the molecule is C=C(C(=O)[C@@]1(C)OC(C)(O)O[C@@H]1COC(C)=O)[Si](c1ccccc1)(c1ccccc1)C(C)(C)C. The molecule has 3 rings (SSSR count). The second-order valence-electron chi connectivity index (χ2n) is 10.1. The Morgan fingerprint density at radius 1 is 1.03 bits per heavy atom. The van der Waals surface area contributed by atoms with Crippen molar-refractivity contribution in [3.05, 3.63) is 72.4 Å². The maximum absolute atomic E-state index is 14.3. The number of hydrogen-bond donors (Lipinski definition) is 1. The van der Waals surface area contributed by atoms with Gasteiger partial charge in [0, 0.05) is 13.8 Å². The summed E-state index contributed by atoms with van der Waals surface area (Å²) in [5.41, 5.74) is -1.61. The molecule has 1 aliphatic rings. The summed E-state index contributed by atoms with van der Waals surface area (Å²) in [6.45, 7) is 14.7. The minimum atomic E-state index is -3.02. The highest BCUT2D eigenvalue weighted by Crippen LogP contribution is 2.44. The third kappa shape index (κ3) is 4.53. The topological polar surface area (TPSA) is 82.1 Å². The predicted octanol–water partition coefficient (Wildman–Crippen LogP) is 3.12. The Labute approximate surface area is 202 Å². The van der Waals surface area contributed by atoms with Gasteiger partial charge in [0.1, 0.15) is 12.7 Å². The van der Waals surface area contributed by atoms with Crippen LogP contribution in [0.25, 0.3) is 0 Å². The van der Waals surface area contributed by atoms with E-state index >= 15 is 0 Å². The van der Waals surface area contributed by atoms with Crippen LogP contribution in [0.2, 0.25) is 5.04 Å². The smallest absolute Gasteiger partial charge is 0.302 e. The summed E-state index contributed by atoms with van der Waals surface area (Å²) in [6, 6.07) is 19.9. The molecule has 0 aliphatic carbocycles. The molecular formula is C27H34O6Si. The first kappa shape index (κ1) is 26.0. The standard InChI is InChI=1S/C27H34O6Si/c1-19(24(29)26(6)23(18-31-20(2)28)32-27(7,30)33-26)34(25(3,4)5,21-14-10-8-11-15-21)22-16-12-9-13-17-22/h8-17,23,30H,1,18H2,2-7H3/t23-,26+,27?/m1/s1. The largest absolute Gasteiger partial charge is 0.463 e. The third-order valence-electron chi connectivity index (χ3n) is 6.53. The van der Waals surface area contributed by atoms with Crippen LogP contribution in [0, 0.1) is 0 Å². The van der Waals surface area contributed by atoms with Crippen molar-refractivity contribution in [1.29, 1.82) is 0 Å². The van der Waals surface area contributed by atoms with E-state index in [9.17, 15) is 14.7 Å². The second kappa shape index (κ2) is 9.22. The van der Waals surface area contributed by atoms with Crippen LogP contribution in [0.1, 0.15) is 41.5 Å². The minimum absolute atomic E-state index is 0.234. The van der Waals surface area contributed by atoms with Crippen molar-refractivity contribution in [2.24, 2.45) is 0 Å². The molecule has 34 heavy (non-hydrogen) atoms. The monoisotopic (exact) mass is 482 g/mol. The number of ether oxygens (including phenoxy) is 3. The molecule has 7 heteroatoms. The van der Waals surface area contributed by atoms with Crippen molar-refractivity contribution in [1.82, 2.24) is 0 Å². The fourth-order valence-electron chi connectivity index (χ4n) is 5.12. The molecule has 1 unspecified atom stereocenters. The average molecular weight is 483 g/mol. The third-order valence-corrected chi connectivity index (χ3v) is 12.3. The van der Waals surface area contributed by atoms with E-state index in [0.717, 1.165) is 10.4 Å². The lowest BCUT2D eigenvalue weighted by atomic mass is 9.94. The molecular weight excluding hydrogens is 448 g/mol. The Morgan fingerprint density at radius 3 is 1.91 bits per heavy atom. The van der Waals surface area contributed by atoms with Crippen molar-refractivity contribution < 1.29 is 28.9 Å². The zero-order chi connectivity index (χ0) is 25.4. The van der Waals surface area contributed by atoms with E-state index in [1.54, 1.807) is 6.92 Å². The first-order valence-corrected chi connectivity index (χ1v) is 13.3. The number of rotatable bonds is 7. The van der Waals surface area contributed by atoms with Crippen LogP contribution in [-0.2, 0) is 23.8 Å². The van der Waals surface area contributed by atoms with Gasteiger partial charge in [0.15, 0.2) is 19.5 Å². The number of benzene rings is 2. The summed E-state index contributed by atoms with van der Waals surface area (Å²) in [4.78, 5) is 25.8. The van der Waals surface area contributed by atoms with E-state index in [1.807, 2.05) is 60.7 Å². The molecule has 3 atom stereocenters. The number of hydrogen-bond acceptors (Lipinski definition) is 6. The quantitative estimate of drug-likeness (QED) is 0.371. The zero-order valence-electron chi connectivity index (χ0n) is 20.8. The van der Waals surface area contributed by atoms with Gasteiger partial charge < -0.3 is 19.3 Å². The molecule has 0 spiro atoms. The molecule has 2 aromatic rings. The predicted molar refractivity (Wildman–Crippen MR) is 133 cm³/mol. The van der Waals surface area contributed by atoms with Crippen molar-refractivity contribution in [3.63, 3.8) is 0 Å². The van der Waals surface area contributed by atoms with Gasteiger partial charge in [-0.1, -0.05) is 88.0 Å². The van der Waals surface area contributed by atoms with Gasteiger partial charge in [-0.2, -0.15) is 0 Å². The van der Waals surface area contributed by atoms with Gasteiger partial charge in [0.05, 0.1) is 0 Å². The molecule has 1 saturated heterocycles. The lowest BCUT2D eigenvalue weighted by Gasteiger charge is -2.46. The summed E-state index contributed by atoms with van der Waals surface area (Å²) < 4.78 is 16.5. The highest BCUT2D eigenvalue weighted by Gasteiger charge is 2.61. The van der Waals surface area contributed by atoms with E-state index in [1.165, 1.54) is 13.8 Å². The summed E-state index contributed by atoms with van der Waals surface area (Å²) in [5.74, 6) is -2.91. The van der Waals surface area contributed by atoms with Crippen LogP contribution in [-0.4, -0.2) is 49.2 Å². The van der Waals surface area contributed by atoms with Crippen molar-refractivity contribution in [2.75, 3.05) is 6.61 Å². The fraction of sp³-hybridized carbons (Fsp3) is 0.407. The molecule has 182 valence electrons. The molecule has 1 aliphatic heterocycles. The molecule has 0 saturated carbocycles. The normalized spacial score (nSPS) is 25.1. The van der Waals surface area contributed by atoms with E-state index in [0.29, 0.717) is 5.20 Å². The first-order chi connectivity index (χ1) is 15.8. The first-order valence-electron chi connectivity index (χ1n) is 11.3. The number of Topliss-reactive ketones (excluding diaryl/α,β-unsaturated/α-hetero) is 1. The molecule has 0 bridgehead atoms. The minimum Gasteiger partial charge on any atom is -0.463 e. The summed E-state index contributed by atoms with van der Waals surface area (Å²) in [5, 5.41) is 12.7. The molecule has 0 amide bonds. The van der Waals surface area contributed by atoms with Gasteiger partial charge >= 0.3 is 5.97 Å². The zero-order valence-corrected chi connectivity index (χ0v) is 21.8. The molecule has 6 nitrogen and oxygen atoms in total. The van der Waals surface area contributed by atoms with Crippen LogP contribution >= 0.6 is 0 Å². The van der Waals surface area contributed by atoms with Crippen LogP contribution in [0.15, 0.2) is 72.4 Å². The van der Waals surface area contributed by atoms with E-state index in [-0.39, 0.29) is 17.4 Å². The highest BCUT2D eigenvalue weighted by molar-refractivity contribution is 7.11. The fourth-order valence-corrected chi connectivity index (χ4v) is 10.8. The summed E-state index contributed by atoms with van der Waals surface area (Å²) >= 11 is 0. The maximum Gasteiger partial charge on any atom is 0.302 e. The molecule has 1 N–H and O–H groups in total. The molecule has 0 aromatic heterocycles. The Kier molecular flexibility index (Phi) is 7.06. The lowest BCUT2D eigenvalue weighted by molar-refractivity contribution is -0.309. The van der Waals surface area contributed by atoms with Gasteiger partial charge in [-0.25, -0.2) is 0 Å². The number of ketones is 1. The van der Waals surface area contributed by atoms with Gasteiger partial charge in [0.2, 0.25) is 0 Å². The van der Waals surface area contributed by atoms with E-state index in [2.05, 4.69) is 27.4 Å². The summed E-state index contributed by atoms with van der Waals surface area (Å²) in [7, 11) is -3.02. The van der Waals surface area contributed by atoms with Crippen molar-refractivity contribution in [2.45, 2.75) is 64.3 Å². The van der Waals surface area contributed by atoms with Crippen molar-refractivity contribution in [3.8, 4) is 0 Å². The van der Waals surface area contributed by atoms with E-state index in [4.69, 9.17) is 14.2 Å².